The van der Waals surface area contributed by atoms with E-state index < -0.39 is 23.7 Å². The molecule has 6 nitrogen and oxygen atoms in total. The molecule has 1 aliphatic heterocycles. The molecule has 0 spiro atoms. The highest BCUT2D eigenvalue weighted by molar-refractivity contribution is 7.09. The molecule has 2 atom stereocenters. The Labute approximate surface area is 114 Å². The Morgan fingerprint density at radius 3 is 2.68 bits per heavy atom. The zero-order valence-corrected chi connectivity index (χ0v) is 11.6. The van der Waals surface area contributed by atoms with Gasteiger partial charge in [-0.3, -0.25) is 4.79 Å². The molecule has 7 heteroatoms. The van der Waals surface area contributed by atoms with Gasteiger partial charge in [0, 0.05) is 11.6 Å². The van der Waals surface area contributed by atoms with Crippen molar-refractivity contribution in [3.8, 4) is 0 Å². The molecule has 1 aliphatic rings. The average Bonchev–Trinajstić information content (AvgIpc) is 3.00. The Kier molecular flexibility index (Phi) is 3.86. The normalized spacial score (nSPS) is 23.3. The predicted octanol–water partition coefficient (Wildman–Crippen LogP) is 1.13. The van der Waals surface area contributed by atoms with Gasteiger partial charge in [0.15, 0.2) is 6.10 Å². The topological polar surface area (TPSA) is 88.5 Å². The van der Waals surface area contributed by atoms with Crippen molar-refractivity contribution in [2.45, 2.75) is 44.4 Å². The summed E-state index contributed by atoms with van der Waals surface area (Å²) in [6.07, 6.45) is 0.904. The van der Waals surface area contributed by atoms with Crippen LogP contribution in [0, 0.1) is 0 Å². The van der Waals surface area contributed by atoms with Gasteiger partial charge in [0.05, 0.1) is 5.54 Å². The van der Waals surface area contributed by atoms with Gasteiger partial charge in [0.25, 0.3) is 0 Å². The van der Waals surface area contributed by atoms with Gasteiger partial charge in [-0.2, -0.15) is 0 Å². The van der Waals surface area contributed by atoms with E-state index in [0.29, 0.717) is 12.8 Å². The maximum absolute atomic E-state index is 12.1. The van der Waals surface area contributed by atoms with Crippen molar-refractivity contribution in [3.63, 3.8) is 0 Å². The molecule has 1 amide bonds. The Morgan fingerprint density at radius 2 is 2.16 bits per heavy atom. The van der Waals surface area contributed by atoms with E-state index in [0.717, 1.165) is 5.01 Å². The lowest BCUT2D eigenvalue weighted by Gasteiger charge is -2.25. The highest BCUT2D eigenvalue weighted by Gasteiger charge is 2.37. The number of aliphatic carboxylic acids is 1. The van der Waals surface area contributed by atoms with Crippen molar-refractivity contribution in [1.82, 2.24) is 10.3 Å². The van der Waals surface area contributed by atoms with E-state index in [-0.39, 0.29) is 5.91 Å². The van der Waals surface area contributed by atoms with Crippen molar-refractivity contribution in [2.24, 2.45) is 0 Å². The minimum atomic E-state index is -1.02. The number of carbonyl (C=O) groups is 2. The van der Waals surface area contributed by atoms with Crippen molar-refractivity contribution in [2.75, 3.05) is 0 Å². The van der Waals surface area contributed by atoms with Crippen LogP contribution in [0.3, 0.4) is 0 Å². The number of amides is 1. The lowest BCUT2D eigenvalue weighted by Crippen LogP contribution is -2.46. The van der Waals surface area contributed by atoms with Crippen LogP contribution in [0.4, 0.5) is 0 Å². The van der Waals surface area contributed by atoms with Crippen LogP contribution in [0.5, 0.6) is 0 Å². The second-order valence-corrected chi connectivity index (χ2v) is 5.88. The van der Waals surface area contributed by atoms with Crippen LogP contribution in [0.2, 0.25) is 0 Å². The maximum Gasteiger partial charge on any atom is 0.332 e. The van der Waals surface area contributed by atoms with Gasteiger partial charge in [-0.1, -0.05) is 0 Å². The fourth-order valence-electron chi connectivity index (χ4n) is 1.99. The number of carboxylic acid groups (broad SMARTS) is 1. The summed E-state index contributed by atoms with van der Waals surface area (Å²) in [7, 11) is 0. The largest absolute Gasteiger partial charge is 0.479 e. The minimum absolute atomic E-state index is 0.288. The summed E-state index contributed by atoms with van der Waals surface area (Å²) >= 11 is 1.46. The van der Waals surface area contributed by atoms with Crippen LogP contribution < -0.4 is 5.32 Å². The third-order valence-electron chi connectivity index (χ3n) is 2.99. The number of hydrogen-bond donors (Lipinski definition) is 2. The van der Waals surface area contributed by atoms with Gasteiger partial charge < -0.3 is 15.2 Å². The fourth-order valence-corrected chi connectivity index (χ4v) is 2.70. The van der Waals surface area contributed by atoms with Gasteiger partial charge in [0.2, 0.25) is 5.91 Å². The second kappa shape index (κ2) is 5.26. The summed E-state index contributed by atoms with van der Waals surface area (Å²) in [4.78, 5) is 27.0. The number of nitrogens with one attached hydrogen (secondary N) is 1. The first-order chi connectivity index (χ1) is 8.90. The zero-order valence-electron chi connectivity index (χ0n) is 10.8. The molecule has 0 unspecified atom stereocenters. The first-order valence-electron chi connectivity index (χ1n) is 6.00. The molecule has 0 radical (unpaired) electrons. The van der Waals surface area contributed by atoms with Crippen LogP contribution >= 0.6 is 11.3 Å². The molecular weight excluding hydrogens is 268 g/mol. The second-order valence-electron chi connectivity index (χ2n) is 4.98. The molecular formula is C12H16N2O4S. The fraction of sp³-hybridized carbons (Fsp3) is 0.583. The molecule has 2 rings (SSSR count). The highest BCUT2D eigenvalue weighted by Crippen LogP contribution is 2.25. The van der Waals surface area contributed by atoms with E-state index in [2.05, 4.69) is 10.3 Å². The summed E-state index contributed by atoms with van der Waals surface area (Å²) in [5.41, 5.74) is -0.587. The number of carbonyl (C=O) groups excluding carboxylic acids is 1. The predicted molar refractivity (Wildman–Crippen MR) is 68.8 cm³/mol. The number of nitrogens with zero attached hydrogens (tertiary/aromatic N) is 1. The van der Waals surface area contributed by atoms with Gasteiger partial charge in [-0.25, -0.2) is 9.78 Å². The molecule has 2 heterocycles. The molecule has 2 N–H and O–H groups in total. The quantitative estimate of drug-likeness (QED) is 0.865. The summed E-state index contributed by atoms with van der Waals surface area (Å²) in [5, 5.41) is 14.3. The average molecular weight is 284 g/mol. The van der Waals surface area contributed by atoms with Crippen molar-refractivity contribution >= 4 is 23.2 Å². The van der Waals surface area contributed by atoms with E-state index in [4.69, 9.17) is 9.84 Å². The van der Waals surface area contributed by atoms with Crippen LogP contribution in [-0.2, 0) is 19.9 Å². The van der Waals surface area contributed by atoms with E-state index in [1.165, 1.54) is 11.3 Å². The smallest absolute Gasteiger partial charge is 0.332 e. The van der Waals surface area contributed by atoms with Gasteiger partial charge in [-0.05, 0) is 26.7 Å². The first-order valence-corrected chi connectivity index (χ1v) is 6.88. The van der Waals surface area contributed by atoms with Crippen LogP contribution in [0.15, 0.2) is 11.6 Å². The monoisotopic (exact) mass is 284 g/mol. The maximum atomic E-state index is 12.1. The number of carboxylic acids is 1. The summed E-state index contributed by atoms with van der Waals surface area (Å²) in [6, 6.07) is 0. The van der Waals surface area contributed by atoms with E-state index in [9.17, 15) is 9.59 Å². The lowest BCUT2D eigenvalue weighted by atomic mass is 10.1. The first kappa shape index (κ1) is 14.0. The van der Waals surface area contributed by atoms with Crippen molar-refractivity contribution < 1.29 is 19.4 Å². The summed E-state index contributed by atoms with van der Waals surface area (Å²) in [5.74, 6) is -1.31. The van der Waals surface area contributed by atoms with Gasteiger partial charge >= 0.3 is 5.97 Å². The summed E-state index contributed by atoms with van der Waals surface area (Å²) < 4.78 is 5.22. The molecule has 0 aliphatic carbocycles. The molecule has 1 saturated heterocycles. The third kappa shape index (κ3) is 3.10. The Balaban J connectivity index is 1.97. The zero-order chi connectivity index (χ0) is 14.0. The highest BCUT2D eigenvalue weighted by atomic mass is 32.1. The minimum Gasteiger partial charge on any atom is -0.479 e. The van der Waals surface area contributed by atoms with Crippen molar-refractivity contribution in [3.05, 3.63) is 16.6 Å². The number of rotatable bonds is 4. The molecule has 104 valence electrons. The van der Waals surface area contributed by atoms with Crippen LogP contribution in [0.1, 0.15) is 31.7 Å². The standard InChI is InChI=1S/C12H16N2O4S/c1-12(2,11-13-5-6-19-11)14-9(15)7-3-4-8(18-7)10(16)17/h5-8H,3-4H2,1-2H3,(H,14,15)(H,16,17)/t7-,8+/m0/s1. The Hall–Kier alpha value is -1.47. The Bertz CT molecular complexity index is 472. The summed E-state index contributed by atoms with van der Waals surface area (Å²) in [6.45, 7) is 3.71. The van der Waals surface area contributed by atoms with Gasteiger partial charge in [-0.15, -0.1) is 11.3 Å². The molecule has 0 saturated carbocycles. The molecule has 19 heavy (non-hydrogen) atoms. The van der Waals surface area contributed by atoms with E-state index in [1.807, 2.05) is 19.2 Å². The number of aromatic nitrogens is 1. The molecule has 0 aromatic carbocycles. The lowest BCUT2D eigenvalue weighted by molar-refractivity contribution is -0.152. The molecule has 1 aromatic rings. The molecule has 1 fully saturated rings. The Morgan fingerprint density at radius 1 is 1.47 bits per heavy atom. The number of thiazole rings is 1. The van der Waals surface area contributed by atoms with Crippen LogP contribution in [-0.4, -0.2) is 34.2 Å². The van der Waals surface area contributed by atoms with E-state index >= 15 is 0 Å². The van der Waals surface area contributed by atoms with Gasteiger partial charge in [0.1, 0.15) is 11.1 Å². The van der Waals surface area contributed by atoms with Crippen LogP contribution in [0.25, 0.3) is 0 Å². The van der Waals surface area contributed by atoms with E-state index in [1.54, 1.807) is 6.20 Å². The molecule has 0 bridgehead atoms. The van der Waals surface area contributed by atoms with Crippen molar-refractivity contribution in [1.29, 1.82) is 0 Å². The number of hydrogen-bond acceptors (Lipinski definition) is 5. The molecule has 1 aromatic heterocycles. The third-order valence-corrected chi connectivity index (χ3v) is 4.09. The SMILES string of the molecule is CC(C)(NC(=O)[C@@H]1CC[C@H](C(=O)O)O1)c1nccs1. The number of ether oxygens (including phenoxy) is 1.